The summed E-state index contributed by atoms with van der Waals surface area (Å²) in [6.07, 6.45) is 0.557. The first-order valence-corrected chi connectivity index (χ1v) is 7.67. The quantitative estimate of drug-likeness (QED) is 0.621. The van der Waals surface area contributed by atoms with Crippen LogP contribution in [0.3, 0.4) is 0 Å². The monoisotopic (exact) mass is 390 g/mol. The van der Waals surface area contributed by atoms with Crippen LogP contribution in [0.1, 0.15) is 36.2 Å². The molecule has 5 heteroatoms. The Morgan fingerprint density at radius 2 is 2.11 bits per heavy atom. The van der Waals surface area contributed by atoms with Crippen molar-refractivity contribution >= 4 is 45.7 Å². The molecular formula is C14H19IN2OS. The van der Waals surface area contributed by atoms with E-state index < -0.39 is 0 Å². The van der Waals surface area contributed by atoms with E-state index in [0.717, 1.165) is 14.7 Å². The lowest BCUT2D eigenvalue weighted by molar-refractivity contribution is 0.0710. The second-order valence-corrected chi connectivity index (χ2v) is 6.35. The highest BCUT2D eigenvalue weighted by Gasteiger charge is 2.21. The molecule has 1 amide bonds. The molecule has 2 N–H and O–H groups in total. The van der Waals surface area contributed by atoms with Gasteiger partial charge in [0.15, 0.2) is 0 Å². The molecule has 19 heavy (non-hydrogen) atoms. The zero-order valence-corrected chi connectivity index (χ0v) is 14.4. The third-order valence-electron chi connectivity index (χ3n) is 2.91. The van der Waals surface area contributed by atoms with Crippen LogP contribution in [0.25, 0.3) is 0 Å². The SMILES string of the molecule is Cc1cccc(C(=O)N(CCC(N)=S)C(C)C)c1I. The summed E-state index contributed by atoms with van der Waals surface area (Å²) in [5.74, 6) is 0.0411. The van der Waals surface area contributed by atoms with Crippen LogP contribution >= 0.6 is 34.8 Å². The van der Waals surface area contributed by atoms with Gasteiger partial charge in [-0.3, -0.25) is 4.79 Å². The highest BCUT2D eigenvalue weighted by molar-refractivity contribution is 14.1. The normalized spacial score (nSPS) is 10.6. The number of thiocarbonyl (C=S) groups is 1. The molecule has 0 aliphatic carbocycles. The Morgan fingerprint density at radius 1 is 1.47 bits per heavy atom. The second kappa shape index (κ2) is 7.19. The molecule has 0 saturated heterocycles. The Balaban J connectivity index is 2.99. The largest absolute Gasteiger partial charge is 0.393 e. The van der Waals surface area contributed by atoms with Crippen molar-refractivity contribution in [2.75, 3.05) is 6.54 Å². The molecule has 0 bridgehead atoms. The number of rotatable bonds is 5. The summed E-state index contributed by atoms with van der Waals surface area (Å²) in [5.41, 5.74) is 7.39. The van der Waals surface area contributed by atoms with Gasteiger partial charge in [-0.25, -0.2) is 0 Å². The van der Waals surface area contributed by atoms with Gasteiger partial charge in [0, 0.05) is 22.6 Å². The van der Waals surface area contributed by atoms with E-state index in [-0.39, 0.29) is 11.9 Å². The van der Waals surface area contributed by atoms with Crippen molar-refractivity contribution in [3.05, 3.63) is 32.9 Å². The summed E-state index contributed by atoms with van der Waals surface area (Å²) < 4.78 is 1.01. The maximum absolute atomic E-state index is 12.6. The molecule has 0 saturated carbocycles. The third kappa shape index (κ3) is 4.42. The van der Waals surface area contributed by atoms with Gasteiger partial charge >= 0.3 is 0 Å². The van der Waals surface area contributed by atoms with Gasteiger partial charge in [-0.15, -0.1) is 0 Å². The smallest absolute Gasteiger partial charge is 0.255 e. The molecule has 1 rings (SSSR count). The average molecular weight is 390 g/mol. The number of carbonyl (C=O) groups excluding carboxylic acids is 1. The van der Waals surface area contributed by atoms with Crippen LogP contribution in [-0.2, 0) is 0 Å². The van der Waals surface area contributed by atoms with Crippen LogP contribution in [0, 0.1) is 10.5 Å². The summed E-state index contributed by atoms with van der Waals surface area (Å²) in [6, 6.07) is 5.91. The fraction of sp³-hybridized carbons (Fsp3) is 0.429. The van der Waals surface area contributed by atoms with E-state index in [2.05, 4.69) is 22.6 Å². The van der Waals surface area contributed by atoms with Crippen LogP contribution in [-0.4, -0.2) is 28.4 Å². The van der Waals surface area contributed by atoms with Gasteiger partial charge in [0.2, 0.25) is 0 Å². The number of nitrogens with two attached hydrogens (primary N) is 1. The highest BCUT2D eigenvalue weighted by atomic mass is 127. The molecule has 0 aliphatic rings. The van der Waals surface area contributed by atoms with Gasteiger partial charge in [0.05, 0.1) is 10.6 Å². The van der Waals surface area contributed by atoms with Gasteiger partial charge < -0.3 is 10.6 Å². The number of benzene rings is 1. The van der Waals surface area contributed by atoms with E-state index in [9.17, 15) is 4.79 Å². The number of aryl methyl sites for hydroxylation is 1. The number of hydrogen-bond donors (Lipinski definition) is 1. The van der Waals surface area contributed by atoms with E-state index in [4.69, 9.17) is 18.0 Å². The molecule has 104 valence electrons. The predicted molar refractivity (Wildman–Crippen MR) is 91.5 cm³/mol. The Labute approximate surface area is 133 Å². The van der Waals surface area contributed by atoms with E-state index in [1.54, 1.807) is 0 Å². The molecular weight excluding hydrogens is 371 g/mol. The molecule has 0 aliphatic heterocycles. The molecule has 3 nitrogen and oxygen atoms in total. The Kier molecular flexibility index (Phi) is 6.19. The van der Waals surface area contributed by atoms with E-state index in [0.29, 0.717) is 18.0 Å². The third-order valence-corrected chi connectivity index (χ3v) is 4.54. The van der Waals surface area contributed by atoms with Gasteiger partial charge in [-0.1, -0.05) is 24.4 Å². The predicted octanol–water partition coefficient (Wildman–Crippen LogP) is 3.13. The Bertz CT molecular complexity index is 488. The van der Waals surface area contributed by atoms with Gasteiger partial charge in [-0.2, -0.15) is 0 Å². The lowest BCUT2D eigenvalue weighted by Crippen LogP contribution is -2.39. The second-order valence-electron chi connectivity index (χ2n) is 4.75. The summed E-state index contributed by atoms with van der Waals surface area (Å²) in [4.78, 5) is 14.9. The Morgan fingerprint density at radius 3 is 2.63 bits per heavy atom. The molecule has 0 fully saturated rings. The minimum Gasteiger partial charge on any atom is -0.393 e. The highest BCUT2D eigenvalue weighted by Crippen LogP contribution is 2.19. The lowest BCUT2D eigenvalue weighted by atomic mass is 10.1. The van der Waals surface area contributed by atoms with E-state index in [1.165, 1.54) is 0 Å². The van der Waals surface area contributed by atoms with Crippen molar-refractivity contribution in [2.24, 2.45) is 5.73 Å². The number of carbonyl (C=O) groups is 1. The first kappa shape index (κ1) is 16.4. The van der Waals surface area contributed by atoms with Crippen LogP contribution in [0.5, 0.6) is 0 Å². The van der Waals surface area contributed by atoms with Gasteiger partial charge in [0.1, 0.15) is 0 Å². The standard InChI is InChI=1S/C14H19IN2OS/c1-9(2)17(8-7-12(16)19)14(18)11-6-4-5-10(3)13(11)15/h4-6,9H,7-8H2,1-3H3,(H2,16,19). The van der Waals surface area contributed by atoms with Crippen molar-refractivity contribution in [1.29, 1.82) is 0 Å². The number of amides is 1. The Hall–Kier alpha value is -0.690. The van der Waals surface area contributed by atoms with Gasteiger partial charge in [-0.05, 0) is 55.0 Å². The fourth-order valence-corrected chi connectivity index (χ4v) is 2.47. The topological polar surface area (TPSA) is 46.3 Å². The molecule has 0 atom stereocenters. The van der Waals surface area contributed by atoms with Crippen LogP contribution in [0.4, 0.5) is 0 Å². The molecule has 0 heterocycles. The average Bonchev–Trinajstić information content (AvgIpc) is 2.31. The molecule has 0 spiro atoms. The minimum atomic E-state index is 0.0411. The summed E-state index contributed by atoms with van der Waals surface area (Å²) in [6.45, 7) is 6.57. The maximum Gasteiger partial charge on any atom is 0.255 e. The zero-order chi connectivity index (χ0) is 14.6. The van der Waals surface area contributed by atoms with E-state index in [1.807, 2.05) is 43.9 Å². The fourth-order valence-electron chi connectivity index (χ4n) is 1.79. The number of hydrogen-bond acceptors (Lipinski definition) is 2. The molecule has 1 aromatic rings. The van der Waals surface area contributed by atoms with Gasteiger partial charge in [0.25, 0.3) is 5.91 Å². The zero-order valence-electron chi connectivity index (χ0n) is 11.4. The van der Waals surface area contributed by atoms with Crippen LogP contribution < -0.4 is 5.73 Å². The minimum absolute atomic E-state index is 0.0411. The summed E-state index contributed by atoms with van der Waals surface area (Å²) in [5, 5.41) is 0. The van der Waals surface area contributed by atoms with Crippen molar-refractivity contribution in [2.45, 2.75) is 33.2 Å². The first-order chi connectivity index (χ1) is 8.84. The first-order valence-electron chi connectivity index (χ1n) is 6.19. The molecule has 0 aromatic heterocycles. The van der Waals surface area contributed by atoms with Crippen LogP contribution in [0.2, 0.25) is 0 Å². The molecule has 1 aromatic carbocycles. The van der Waals surface area contributed by atoms with Crippen molar-refractivity contribution in [1.82, 2.24) is 4.90 Å². The van der Waals surface area contributed by atoms with Crippen LogP contribution in [0.15, 0.2) is 18.2 Å². The lowest BCUT2D eigenvalue weighted by Gasteiger charge is -2.27. The van der Waals surface area contributed by atoms with Crippen molar-refractivity contribution < 1.29 is 4.79 Å². The summed E-state index contributed by atoms with van der Waals surface area (Å²) in [7, 11) is 0. The van der Waals surface area contributed by atoms with Crippen molar-refractivity contribution in [3.63, 3.8) is 0 Å². The maximum atomic E-state index is 12.6. The van der Waals surface area contributed by atoms with Crippen molar-refractivity contribution in [3.8, 4) is 0 Å². The number of halogens is 1. The molecule has 0 radical (unpaired) electrons. The number of nitrogens with zero attached hydrogens (tertiary/aromatic N) is 1. The summed E-state index contributed by atoms with van der Waals surface area (Å²) >= 11 is 7.11. The van der Waals surface area contributed by atoms with E-state index >= 15 is 0 Å². The molecule has 0 unspecified atom stereocenters.